The summed E-state index contributed by atoms with van der Waals surface area (Å²) < 4.78 is 1.02. The first-order valence-corrected chi connectivity index (χ1v) is 10.8. The van der Waals surface area contributed by atoms with Crippen LogP contribution in [-0.2, 0) is 16.1 Å². The topological polar surface area (TPSA) is 61.4 Å². The zero-order valence-corrected chi connectivity index (χ0v) is 18.0. The van der Waals surface area contributed by atoms with Gasteiger partial charge in [-0.15, -0.1) is 0 Å². The van der Waals surface area contributed by atoms with Crippen LogP contribution in [0.25, 0.3) is 0 Å². The third kappa shape index (κ3) is 3.52. The van der Waals surface area contributed by atoms with E-state index in [-0.39, 0.29) is 40.9 Å². The van der Waals surface area contributed by atoms with Gasteiger partial charge < -0.3 is 15.5 Å². The largest absolute Gasteiger partial charge is 0.355 e. The number of allylic oxidation sites excluding steroid dienone is 2. The maximum absolute atomic E-state index is 13.1. The quantitative estimate of drug-likeness (QED) is 0.633. The molecule has 4 rings (SSSR count). The van der Waals surface area contributed by atoms with Gasteiger partial charge in [-0.3, -0.25) is 9.59 Å². The van der Waals surface area contributed by atoms with E-state index < -0.39 is 0 Å². The van der Waals surface area contributed by atoms with E-state index >= 15 is 0 Å². The van der Waals surface area contributed by atoms with Crippen molar-refractivity contribution in [1.29, 1.82) is 0 Å². The number of nitrogens with zero attached hydrogens (tertiary/aromatic N) is 1. The molecule has 0 aliphatic heterocycles. The summed E-state index contributed by atoms with van der Waals surface area (Å²) in [6, 6.07) is 7.95. The monoisotopic (exact) mass is 445 g/mol. The van der Waals surface area contributed by atoms with Crippen molar-refractivity contribution >= 4 is 27.7 Å². The van der Waals surface area contributed by atoms with Gasteiger partial charge in [0.05, 0.1) is 11.8 Å². The number of likely N-dealkylation sites (N-methyl/N-ethyl adjacent to an activating group) is 1. The first kappa shape index (κ1) is 19.6. The lowest BCUT2D eigenvalue weighted by molar-refractivity contribution is -0.135. The average Bonchev–Trinajstić information content (AvgIpc) is 3.33. The van der Waals surface area contributed by atoms with Crippen LogP contribution in [0.2, 0.25) is 0 Å². The molecule has 3 aliphatic rings. The Hall–Kier alpha value is -1.66. The Kier molecular flexibility index (Phi) is 5.36. The molecule has 2 saturated carbocycles. The van der Waals surface area contributed by atoms with Crippen LogP contribution in [0.5, 0.6) is 0 Å². The van der Waals surface area contributed by atoms with E-state index in [1.54, 1.807) is 0 Å². The van der Waals surface area contributed by atoms with Crippen molar-refractivity contribution in [2.24, 2.45) is 29.1 Å². The first-order chi connectivity index (χ1) is 13.4. The summed E-state index contributed by atoms with van der Waals surface area (Å²) in [5, 5.41) is 6.17. The average molecular weight is 446 g/mol. The Labute approximate surface area is 175 Å². The molecular formula is C22H28BrN3O2. The second kappa shape index (κ2) is 7.64. The number of amides is 2. The summed E-state index contributed by atoms with van der Waals surface area (Å²) in [7, 11) is 3.98. The van der Waals surface area contributed by atoms with Crippen molar-refractivity contribution in [2.45, 2.75) is 19.4 Å². The zero-order chi connectivity index (χ0) is 19.9. The Morgan fingerprint density at radius 1 is 1.04 bits per heavy atom. The van der Waals surface area contributed by atoms with Crippen molar-refractivity contribution in [3.63, 3.8) is 0 Å². The molecule has 150 valence electrons. The van der Waals surface area contributed by atoms with Gasteiger partial charge in [-0.05, 0) is 61.9 Å². The Balaban J connectivity index is 1.45. The van der Waals surface area contributed by atoms with Gasteiger partial charge in [0.2, 0.25) is 11.8 Å². The summed E-state index contributed by atoms with van der Waals surface area (Å²) in [6.45, 7) is 1.91. The minimum atomic E-state index is -0.257. The zero-order valence-electron chi connectivity index (χ0n) is 16.5. The first-order valence-electron chi connectivity index (χ1n) is 10.1. The van der Waals surface area contributed by atoms with Crippen LogP contribution in [0.1, 0.15) is 18.4 Å². The molecule has 28 heavy (non-hydrogen) atoms. The molecule has 2 fully saturated rings. The van der Waals surface area contributed by atoms with E-state index in [0.29, 0.717) is 13.1 Å². The molecule has 1 aromatic rings. The molecule has 2 bridgehead atoms. The Bertz CT molecular complexity index is 785. The minimum absolute atomic E-state index is 0.0128. The number of carbonyl (C=O) groups excluding carboxylic acids is 2. The molecule has 0 radical (unpaired) electrons. The van der Waals surface area contributed by atoms with Gasteiger partial charge in [-0.1, -0.05) is 40.2 Å². The smallest absolute Gasteiger partial charge is 0.224 e. The molecule has 0 unspecified atom stereocenters. The molecule has 2 N–H and O–H groups in total. The van der Waals surface area contributed by atoms with Gasteiger partial charge in [-0.25, -0.2) is 0 Å². The van der Waals surface area contributed by atoms with Gasteiger partial charge >= 0.3 is 0 Å². The van der Waals surface area contributed by atoms with Crippen LogP contribution in [0.4, 0.5) is 0 Å². The second-order valence-corrected chi connectivity index (χ2v) is 9.58. The lowest BCUT2D eigenvalue weighted by Gasteiger charge is -2.26. The standard InChI is InChI=1S/C22H28BrN3O2/c1-26(2)12-11-24-20(27)18-16-7-8-17(22(16)9-10-22)19(18)21(28)25-13-14-3-5-15(23)6-4-14/h3-8,16-19H,9-13H2,1-2H3,(H,24,27)(H,25,28)/t16-,17+,18-,19-/m1/s1. The maximum atomic E-state index is 13.1. The molecule has 3 aliphatic carbocycles. The summed E-state index contributed by atoms with van der Waals surface area (Å²) in [5.74, 6) is -0.0447. The number of rotatable bonds is 7. The molecule has 0 heterocycles. The molecule has 0 saturated heterocycles. The summed E-state index contributed by atoms with van der Waals surface area (Å²) >= 11 is 3.43. The van der Waals surface area contributed by atoms with Crippen molar-refractivity contribution in [1.82, 2.24) is 15.5 Å². The highest BCUT2D eigenvalue weighted by Crippen LogP contribution is 2.72. The highest BCUT2D eigenvalue weighted by Gasteiger charge is 2.69. The van der Waals surface area contributed by atoms with Crippen LogP contribution in [0, 0.1) is 29.1 Å². The highest BCUT2D eigenvalue weighted by molar-refractivity contribution is 9.10. The molecule has 5 nitrogen and oxygen atoms in total. The fraction of sp³-hybridized carbons (Fsp3) is 0.545. The minimum Gasteiger partial charge on any atom is -0.355 e. The van der Waals surface area contributed by atoms with Crippen molar-refractivity contribution in [3.8, 4) is 0 Å². The van der Waals surface area contributed by atoms with E-state index in [0.717, 1.165) is 29.4 Å². The number of hydrogen-bond acceptors (Lipinski definition) is 3. The molecule has 2 amide bonds. The maximum Gasteiger partial charge on any atom is 0.224 e. The number of hydrogen-bond donors (Lipinski definition) is 2. The van der Waals surface area contributed by atoms with Crippen LogP contribution in [0.3, 0.4) is 0 Å². The van der Waals surface area contributed by atoms with Crippen molar-refractivity contribution < 1.29 is 9.59 Å². The highest BCUT2D eigenvalue weighted by atomic mass is 79.9. The summed E-state index contributed by atoms with van der Waals surface area (Å²) in [4.78, 5) is 28.2. The van der Waals surface area contributed by atoms with Crippen molar-refractivity contribution in [3.05, 3.63) is 46.5 Å². The van der Waals surface area contributed by atoms with Crippen LogP contribution in [0.15, 0.2) is 40.9 Å². The number of halogens is 1. The Morgan fingerprint density at radius 2 is 1.61 bits per heavy atom. The molecule has 4 atom stereocenters. The Morgan fingerprint density at radius 3 is 2.14 bits per heavy atom. The van der Waals surface area contributed by atoms with E-state index in [1.165, 1.54) is 0 Å². The number of carbonyl (C=O) groups is 2. The van der Waals surface area contributed by atoms with Gasteiger partial charge in [0.15, 0.2) is 0 Å². The molecule has 0 aromatic heterocycles. The second-order valence-electron chi connectivity index (χ2n) is 8.66. The van der Waals surface area contributed by atoms with Crippen LogP contribution in [-0.4, -0.2) is 43.9 Å². The van der Waals surface area contributed by atoms with Gasteiger partial charge in [-0.2, -0.15) is 0 Å². The SMILES string of the molecule is CN(C)CCNC(=O)[C@H]1[C@H](C(=O)NCc2ccc(Br)cc2)[C@@H]2C=C[C@H]1C21CC1. The molecule has 6 heteroatoms. The fourth-order valence-electron chi connectivity index (χ4n) is 5.14. The van der Waals surface area contributed by atoms with Gasteiger partial charge in [0.1, 0.15) is 0 Å². The predicted octanol–water partition coefficient (Wildman–Crippen LogP) is 2.57. The summed E-state index contributed by atoms with van der Waals surface area (Å²) in [6.07, 6.45) is 6.66. The van der Waals surface area contributed by atoms with Gasteiger partial charge in [0.25, 0.3) is 0 Å². The molecule has 1 aromatic carbocycles. The number of benzene rings is 1. The van der Waals surface area contributed by atoms with E-state index in [1.807, 2.05) is 43.3 Å². The van der Waals surface area contributed by atoms with Crippen molar-refractivity contribution in [2.75, 3.05) is 27.2 Å². The predicted molar refractivity (Wildman–Crippen MR) is 112 cm³/mol. The molecular weight excluding hydrogens is 418 g/mol. The lowest BCUT2D eigenvalue weighted by Crippen LogP contribution is -2.45. The molecule has 1 spiro atoms. The third-order valence-corrected chi connectivity index (χ3v) is 7.21. The van der Waals surface area contributed by atoms with Crippen LogP contribution < -0.4 is 10.6 Å². The van der Waals surface area contributed by atoms with Gasteiger partial charge in [0, 0.05) is 24.1 Å². The van der Waals surface area contributed by atoms with E-state index in [9.17, 15) is 9.59 Å². The van der Waals surface area contributed by atoms with E-state index in [2.05, 4.69) is 38.7 Å². The summed E-state index contributed by atoms with van der Waals surface area (Å²) in [5.41, 5.74) is 1.23. The fourth-order valence-corrected chi connectivity index (χ4v) is 5.40. The van der Waals surface area contributed by atoms with E-state index in [4.69, 9.17) is 0 Å². The number of nitrogens with one attached hydrogen (secondary N) is 2. The normalized spacial score (nSPS) is 28.7. The third-order valence-electron chi connectivity index (χ3n) is 6.69. The lowest BCUT2D eigenvalue weighted by atomic mass is 9.81. The van der Waals surface area contributed by atoms with Crippen LogP contribution >= 0.6 is 15.9 Å².